The number of hydrogen-bond donors (Lipinski definition) is 2. The van der Waals surface area contributed by atoms with Crippen LogP contribution in [-0.2, 0) is 4.74 Å². The molecule has 0 unspecified atom stereocenters. The smallest absolute Gasteiger partial charge is 0.407 e. The number of amides is 1. The maximum atomic E-state index is 10.8. The molecule has 0 saturated carbocycles. The average molecular weight is 209 g/mol. The minimum absolute atomic E-state index is 0.0755. The van der Waals surface area contributed by atoms with E-state index in [1.807, 2.05) is 0 Å². The molecule has 0 aromatic heterocycles. The second-order valence-corrected chi connectivity index (χ2v) is 3.23. The molecule has 2 N–H and O–H groups in total. The van der Waals surface area contributed by atoms with E-state index in [4.69, 9.17) is 9.47 Å². The van der Waals surface area contributed by atoms with E-state index >= 15 is 0 Å². The van der Waals surface area contributed by atoms with Gasteiger partial charge in [0.2, 0.25) is 0 Å². The molecule has 1 atom stereocenters. The standard InChI is InChI=1S/C10H11NO4/c1-14-9-4-6(2-3-8(9)12)7-5-15-10(13)11-7/h2-4,7,12H,5H2,1H3,(H,11,13)/t7-/m0/s1. The number of carbonyl (C=O) groups excluding carboxylic acids is 1. The largest absolute Gasteiger partial charge is 0.504 e. The molecule has 1 aliphatic heterocycles. The van der Waals surface area contributed by atoms with Gasteiger partial charge in [-0.25, -0.2) is 4.79 Å². The van der Waals surface area contributed by atoms with E-state index < -0.39 is 6.09 Å². The Labute approximate surface area is 86.6 Å². The summed E-state index contributed by atoms with van der Waals surface area (Å²) < 4.78 is 9.74. The number of alkyl carbamates (subject to hydrolysis) is 1. The number of ether oxygens (including phenoxy) is 2. The Hall–Kier alpha value is -1.91. The van der Waals surface area contributed by atoms with E-state index in [1.54, 1.807) is 12.1 Å². The van der Waals surface area contributed by atoms with Crippen LogP contribution in [0.15, 0.2) is 18.2 Å². The number of benzene rings is 1. The lowest BCUT2D eigenvalue weighted by Crippen LogP contribution is -2.18. The van der Waals surface area contributed by atoms with Crippen molar-refractivity contribution in [2.24, 2.45) is 0 Å². The molecule has 1 saturated heterocycles. The molecule has 1 aromatic carbocycles. The first kappa shape index (κ1) is 9.64. The van der Waals surface area contributed by atoms with Crippen LogP contribution in [0.25, 0.3) is 0 Å². The van der Waals surface area contributed by atoms with Crippen molar-refractivity contribution in [2.45, 2.75) is 6.04 Å². The zero-order valence-corrected chi connectivity index (χ0v) is 8.19. The fraction of sp³-hybridized carbons (Fsp3) is 0.300. The van der Waals surface area contributed by atoms with Gasteiger partial charge in [-0.1, -0.05) is 6.07 Å². The lowest BCUT2D eigenvalue weighted by molar-refractivity contribution is 0.177. The summed E-state index contributed by atoms with van der Waals surface area (Å²) in [5, 5.41) is 12.0. The second kappa shape index (κ2) is 3.68. The fourth-order valence-corrected chi connectivity index (χ4v) is 1.48. The highest BCUT2D eigenvalue weighted by Gasteiger charge is 2.24. The fourth-order valence-electron chi connectivity index (χ4n) is 1.48. The van der Waals surface area contributed by atoms with Gasteiger partial charge in [-0.15, -0.1) is 0 Å². The molecular weight excluding hydrogens is 198 g/mol. The van der Waals surface area contributed by atoms with Crippen molar-refractivity contribution in [3.63, 3.8) is 0 Å². The van der Waals surface area contributed by atoms with Crippen molar-refractivity contribution in [3.05, 3.63) is 23.8 Å². The topological polar surface area (TPSA) is 67.8 Å². The van der Waals surface area contributed by atoms with Crippen molar-refractivity contribution < 1.29 is 19.4 Å². The number of aromatic hydroxyl groups is 1. The highest BCUT2D eigenvalue weighted by atomic mass is 16.6. The van der Waals surface area contributed by atoms with Crippen LogP contribution in [0.1, 0.15) is 11.6 Å². The van der Waals surface area contributed by atoms with Gasteiger partial charge in [0.1, 0.15) is 6.61 Å². The third-order valence-corrected chi connectivity index (χ3v) is 2.28. The van der Waals surface area contributed by atoms with E-state index in [2.05, 4.69) is 5.32 Å². The number of phenols is 1. The van der Waals surface area contributed by atoms with Crippen LogP contribution in [0.5, 0.6) is 11.5 Å². The van der Waals surface area contributed by atoms with Crippen LogP contribution >= 0.6 is 0 Å². The third kappa shape index (κ3) is 1.81. The molecule has 1 heterocycles. The first-order valence-corrected chi connectivity index (χ1v) is 4.51. The third-order valence-electron chi connectivity index (χ3n) is 2.28. The van der Waals surface area contributed by atoms with E-state index in [9.17, 15) is 9.90 Å². The Balaban J connectivity index is 2.25. The highest BCUT2D eigenvalue weighted by molar-refractivity contribution is 5.70. The van der Waals surface area contributed by atoms with Gasteiger partial charge in [0.05, 0.1) is 13.2 Å². The molecule has 0 aliphatic carbocycles. The van der Waals surface area contributed by atoms with Crippen LogP contribution in [0, 0.1) is 0 Å². The van der Waals surface area contributed by atoms with Crippen LogP contribution in [0.2, 0.25) is 0 Å². The Morgan fingerprint density at radius 2 is 2.40 bits per heavy atom. The maximum Gasteiger partial charge on any atom is 0.407 e. The molecule has 5 heteroatoms. The lowest BCUT2D eigenvalue weighted by Gasteiger charge is -2.10. The Morgan fingerprint density at radius 1 is 1.60 bits per heavy atom. The number of rotatable bonds is 2. The van der Waals surface area contributed by atoms with E-state index in [0.717, 1.165) is 5.56 Å². The molecule has 0 radical (unpaired) electrons. The zero-order chi connectivity index (χ0) is 10.8. The molecule has 5 nitrogen and oxygen atoms in total. The number of methoxy groups -OCH3 is 1. The Bertz CT molecular complexity index is 391. The van der Waals surface area contributed by atoms with Gasteiger partial charge in [0.25, 0.3) is 0 Å². The van der Waals surface area contributed by atoms with Crippen LogP contribution in [-0.4, -0.2) is 24.9 Å². The number of cyclic esters (lactones) is 1. The van der Waals surface area contributed by atoms with Crippen LogP contribution < -0.4 is 10.1 Å². The van der Waals surface area contributed by atoms with Crippen molar-refractivity contribution in [1.29, 1.82) is 0 Å². The van der Waals surface area contributed by atoms with Gasteiger partial charge in [-0.3, -0.25) is 0 Å². The molecular formula is C10H11NO4. The summed E-state index contributed by atoms with van der Waals surface area (Å²) in [7, 11) is 1.47. The number of phenolic OH excluding ortho intramolecular Hbond substituents is 1. The van der Waals surface area contributed by atoms with Crippen LogP contribution in [0.4, 0.5) is 4.79 Å². The molecule has 1 aliphatic rings. The average Bonchev–Trinajstić information content (AvgIpc) is 2.66. The van der Waals surface area contributed by atoms with Crippen molar-refractivity contribution in [1.82, 2.24) is 5.32 Å². The molecule has 2 rings (SSSR count). The summed E-state index contributed by atoms with van der Waals surface area (Å²) in [5.41, 5.74) is 0.843. The molecule has 1 fully saturated rings. The maximum absolute atomic E-state index is 10.8. The summed E-state index contributed by atoms with van der Waals surface area (Å²) in [6.07, 6.45) is -0.424. The Morgan fingerprint density at radius 3 is 3.00 bits per heavy atom. The minimum Gasteiger partial charge on any atom is -0.504 e. The summed E-state index contributed by atoms with van der Waals surface area (Å²) in [6, 6.07) is 4.75. The molecule has 1 aromatic rings. The zero-order valence-electron chi connectivity index (χ0n) is 8.19. The first-order chi connectivity index (χ1) is 7.20. The normalized spacial score (nSPS) is 19.5. The molecule has 0 bridgehead atoms. The summed E-state index contributed by atoms with van der Waals surface area (Å²) in [4.78, 5) is 10.8. The van der Waals surface area contributed by atoms with Gasteiger partial charge >= 0.3 is 6.09 Å². The number of nitrogens with one attached hydrogen (secondary N) is 1. The van der Waals surface area contributed by atoms with Gasteiger partial charge in [-0.2, -0.15) is 0 Å². The Kier molecular flexibility index (Phi) is 2.37. The van der Waals surface area contributed by atoms with Crippen molar-refractivity contribution in [2.75, 3.05) is 13.7 Å². The summed E-state index contributed by atoms with van der Waals surface area (Å²) in [5.74, 6) is 0.458. The van der Waals surface area contributed by atoms with Gasteiger partial charge in [0, 0.05) is 0 Å². The predicted molar refractivity (Wildman–Crippen MR) is 51.9 cm³/mol. The SMILES string of the molecule is COc1cc([C@@H]2COC(=O)N2)ccc1O. The van der Waals surface area contributed by atoms with Gasteiger partial charge in [0.15, 0.2) is 11.5 Å². The number of carbonyl (C=O) groups is 1. The lowest BCUT2D eigenvalue weighted by atomic mass is 10.1. The molecule has 0 spiro atoms. The second-order valence-electron chi connectivity index (χ2n) is 3.23. The van der Waals surface area contributed by atoms with Crippen molar-refractivity contribution in [3.8, 4) is 11.5 Å². The summed E-state index contributed by atoms with van der Waals surface area (Å²) >= 11 is 0. The minimum atomic E-state index is -0.424. The monoisotopic (exact) mass is 209 g/mol. The van der Waals surface area contributed by atoms with Gasteiger partial charge in [-0.05, 0) is 17.7 Å². The van der Waals surface area contributed by atoms with E-state index in [0.29, 0.717) is 12.4 Å². The van der Waals surface area contributed by atoms with Gasteiger partial charge < -0.3 is 19.9 Å². The van der Waals surface area contributed by atoms with E-state index in [1.165, 1.54) is 13.2 Å². The first-order valence-electron chi connectivity index (χ1n) is 4.51. The summed E-state index contributed by atoms with van der Waals surface area (Å²) in [6.45, 7) is 0.298. The highest BCUT2D eigenvalue weighted by Crippen LogP contribution is 2.29. The molecule has 1 amide bonds. The van der Waals surface area contributed by atoms with Crippen LogP contribution in [0.3, 0.4) is 0 Å². The predicted octanol–water partition coefficient (Wildman–Crippen LogP) is 1.18. The van der Waals surface area contributed by atoms with Crippen molar-refractivity contribution >= 4 is 6.09 Å². The quantitative estimate of drug-likeness (QED) is 0.767. The number of hydrogen-bond acceptors (Lipinski definition) is 4. The molecule has 15 heavy (non-hydrogen) atoms. The van der Waals surface area contributed by atoms with E-state index in [-0.39, 0.29) is 11.8 Å². The molecule has 80 valence electrons.